The largest absolute Gasteiger partial charge is 0.375 e. The summed E-state index contributed by atoms with van der Waals surface area (Å²) in [6.07, 6.45) is 2.78. The molecule has 1 heterocycles. The monoisotopic (exact) mass is 353 g/mol. The van der Waals surface area contributed by atoms with Gasteiger partial charge in [0.05, 0.1) is 17.5 Å². The lowest BCUT2D eigenvalue weighted by molar-refractivity contribution is 0.147. The highest BCUT2D eigenvalue weighted by atomic mass is 16.5. The summed E-state index contributed by atoms with van der Waals surface area (Å²) in [5, 5.41) is 14.4. The number of rotatable bonds is 9. The molecule has 138 valence electrons. The van der Waals surface area contributed by atoms with Crippen molar-refractivity contribution in [3.8, 4) is 0 Å². The van der Waals surface area contributed by atoms with Gasteiger partial charge in [0.2, 0.25) is 0 Å². The first-order chi connectivity index (χ1) is 12.5. The molecule has 1 aromatic heterocycles. The fraction of sp³-hybridized carbons (Fsp3) is 0.300. The third kappa shape index (κ3) is 5.68. The Hall–Kier alpha value is -2.70. The van der Waals surface area contributed by atoms with Crippen molar-refractivity contribution in [2.45, 2.75) is 19.6 Å². The van der Waals surface area contributed by atoms with Crippen molar-refractivity contribution >= 4 is 17.7 Å². The van der Waals surface area contributed by atoms with Crippen LogP contribution in [0.25, 0.3) is 0 Å². The third-order valence-electron chi connectivity index (χ3n) is 3.85. The molecule has 26 heavy (non-hydrogen) atoms. The van der Waals surface area contributed by atoms with Gasteiger partial charge in [0.25, 0.3) is 0 Å². The number of pyridine rings is 1. The Morgan fingerprint density at radius 3 is 2.46 bits per heavy atom. The molecular weight excluding hydrogens is 326 g/mol. The highest BCUT2D eigenvalue weighted by Gasteiger charge is 2.14. The summed E-state index contributed by atoms with van der Waals surface area (Å²) >= 11 is 0. The van der Waals surface area contributed by atoms with E-state index in [1.54, 1.807) is 13.3 Å². The zero-order chi connectivity index (χ0) is 18.9. The van der Waals surface area contributed by atoms with Crippen molar-refractivity contribution < 1.29 is 4.74 Å². The van der Waals surface area contributed by atoms with Gasteiger partial charge >= 0.3 is 0 Å². The van der Waals surface area contributed by atoms with E-state index in [2.05, 4.69) is 32.7 Å². The van der Waals surface area contributed by atoms with E-state index >= 15 is 0 Å². The van der Waals surface area contributed by atoms with Crippen molar-refractivity contribution in [2.24, 2.45) is 0 Å². The summed E-state index contributed by atoms with van der Waals surface area (Å²) in [6, 6.07) is 13.8. The molecule has 0 bridgehead atoms. The molecule has 0 saturated carbocycles. The first kappa shape index (κ1) is 19.6. The molecule has 6 nitrogen and oxygen atoms in total. The number of hydrogen-bond donors (Lipinski definition) is 3. The molecule has 0 radical (unpaired) electrons. The maximum Gasteiger partial charge on any atom is 0.130 e. The van der Waals surface area contributed by atoms with E-state index < -0.39 is 0 Å². The number of methoxy groups -OCH3 is 1. The Morgan fingerprint density at radius 1 is 1.19 bits per heavy atom. The first-order valence-electron chi connectivity index (χ1n) is 8.49. The summed E-state index contributed by atoms with van der Waals surface area (Å²) in [6.45, 7) is 2.82. The molecular formula is C20H27N5O. The Labute approximate surface area is 155 Å². The maximum atomic E-state index is 7.84. The summed E-state index contributed by atoms with van der Waals surface area (Å²) in [7, 11) is 5.73. The predicted octanol–water partition coefficient (Wildman–Crippen LogP) is 3.56. The van der Waals surface area contributed by atoms with Crippen molar-refractivity contribution in [3.05, 3.63) is 65.6 Å². The zero-order valence-electron chi connectivity index (χ0n) is 15.8. The number of nitrogens with zero attached hydrogens (tertiary/aromatic N) is 2. The average molecular weight is 353 g/mol. The molecule has 0 aliphatic heterocycles. The smallest absolute Gasteiger partial charge is 0.130 e. The molecule has 0 aliphatic carbocycles. The fourth-order valence-electron chi connectivity index (χ4n) is 2.48. The van der Waals surface area contributed by atoms with Crippen LogP contribution in [-0.2, 0) is 11.3 Å². The second-order valence-electron chi connectivity index (χ2n) is 6.25. The lowest BCUT2D eigenvalue weighted by Gasteiger charge is -2.20. The lowest BCUT2D eigenvalue weighted by atomic mass is 10.1. The maximum absolute atomic E-state index is 7.84. The number of benzene rings is 1. The summed E-state index contributed by atoms with van der Waals surface area (Å²) in [5.74, 6) is 0.703. The summed E-state index contributed by atoms with van der Waals surface area (Å²) in [5.41, 5.74) is 3.52. The molecule has 0 aliphatic rings. The van der Waals surface area contributed by atoms with Crippen LogP contribution in [0.5, 0.6) is 0 Å². The minimum Gasteiger partial charge on any atom is -0.375 e. The zero-order valence-corrected chi connectivity index (χ0v) is 15.8. The SMILES string of the molecule is CO[C@@H](C)/C(Nc1ccccn1)=C(/C=N)Nc1ccc(CN(C)C)cc1. The molecule has 2 rings (SSSR count). The van der Waals surface area contributed by atoms with Crippen LogP contribution in [0.15, 0.2) is 60.1 Å². The fourth-order valence-corrected chi connectivity index (χ4v) is 2.48. The van der Waals surface area contributed by atoms with Gasteiger partial charge in [-0.3, -0.25) is 0 Å². The molecule has 0 amide bonds. The van der Waals surface area contributed by atoms with E-state index in [4.69, 9.17) is 10.1 Å². The molecule has 0 fully saturated rings. The van der Waals surface area contributed by atoms with E-state index in [0.717, 1.165) is 17.9 Å². The normalized spacial score (nSPS) is 13.1. The number of hydrogen-bond acceptors (Lipinski definition) is 6. The molecule has 0 saturated heterocycles. The van der Waals surface area contributed by atoms with E-state index in [1.165, 1.54) is 11.8 Å². The molecule has 1 atom stereocenters. The van der Waals surface area contributed by atoms with Crippen LogP contribution in [0, 0.1) is 5.41 Å². The van der Waals surface area contributed by atoms with Crippen molar-refractivity contribution in [1.82, 2.24) is 9.88 Å². The lowest BCUT2D eigenvalue weighted by Crippen LogP contribution is -2.22. The third-order valence-corrected chi connectivity index (χ3v) is 3.85. The van der Waals surface area contributed by atoms with Gasteiger partial charge in [-0.2, -0.15) is 0 Å². The highest BCUT2D eigenvalue weighted by molar-refractivity contribution is 5.83. The quantitative estimate of drug-likeness (QED) is 0.601. The number of anilines is 2. The Morgan fingerprint density at radius 2 is 1.92 bits per heavy atom. The number of allylic oxidation sites excluding steroid dienone is 1. The molecule has 3 N–H and O–H groups in total. The van der Waals surface area contributed by atoms with Gasteiger partial charge in [-0.1, -0.05) is 18.2 Å². The standard InChI is InChI=1S/C20H27N5O/c1-15(26-4)20(24-19-7-5-6-12-22-19)18(13-21)23-17-10-8-16(9-11-17)14-25(2)3/h5-13,15,21,23H,14H2,1-4H3,(H,22,24)/b20-18+,21-13?/t15-/m0/s1. The number of nitrogens with one attached hydrogen (secondary N) is 3. The Kier molecular flexibility index (Phi) is 7.32. The van der Waals surface area contributed by atoms with Gasteiger partial charge in [-0.05, 0) is 50.8 Å². The first-order valence-corrected chi connectivity index (χ1v) is 8.49. The Balaban J connectivity index is 2.25. The van der Waals surface area contributed by atoms with Crippen LogP contribution >= 0.6 is 0 Å². The predicted molar refractivity (Wildman–Crippen MR) is 108 cm³/mol. The van der Waals surface area contributed by atoms with E-state index in [0.29, 0.717) is 11.5 Å². The van der Waals surface area contributed by atoms with Gasteiger partial charge in [0.1, 0.15) is 5.82 Å². The number of aromatic nitrogens is 1. The van der Waals surface area contributed by atoms with Gasteiger partial charge in [0, 0.05) is 31.8 Å². The van der Waals surface area contributed by atoms with Crippen LogP contribution in [0.3, 0.4) is 0 Å². The van der Waals surface area contributed by atoms with Crippen molar-refractivity contribution in [1.29, 1.82) is 5.41 Å². The molecule has 2 aromatic rings. The average Bonchev–Trinajstić information content (AvgIpc) is 2.65. The molecule has 1 aromatic carbocycles. The van der Waals surface area contributed by atoms with Gasteiger partial charge in [0.15, 0.2) is 0 Å². The van der Waals surface area contributed by atoms with E-state index in [9.17, 15) is 0 Å². The van der Waals surface area contributed by atoms with Crippen molar-refractivity contribution in [3.63, 3.8) is 0 Å². The number of ether oxygens (including phenoxy) is 1. The van der Waals surface area contributed by atoms with E-state index in [-0.39, 0.29) is 6.10 Å². The van der Waals surface area contributed by atoms with Crippen LogP contribution in [-0.4, -0.2) is 43.4 Å². The van der Waals surface area contributed by atoms with Gasteiger partial charge in [-0.25, -0.2) is 4.98 Å². The van der Waals surface area contributed by atoms with Crippen LogP contribution < -0.4 is 10.6 Å². The summed E-state index contributed by atoms with van der Waals surface area (Å²) in [4.78, 5) is 6.42. The minimum absolute atomic E-state index is 0.228. The van der Waals surface area contributed by atoms with Crippen molar-refractivity contribution in [2.75, 3.05) is 31.8 Å². The van der Waals surface area contributed by atoms with Crippen LogP contribution in [0.2, 0.25) is 0 Å². The Bertz CT molecular complexity index is 726. The van der Waals surface area contributed by atoms with Gasteiger partial charge < -0.3 is 25.7 Å². The van der Waals surface area contributed by atoms with E-state index in [1.807, 2.05) is 51.4 Å². The topological polar surface area (TPSA) is 73.3 Å². The van der Waals surface area contributed by atoms with Crippen LogP contribution in [0.1, 0.15) is 12.5 Å². The van der Waals surface area contributed by atoms with Crippen LogP contribution in [0.4, 0.5) is 11.5 Å². The minimum atomic E-state index is -0.228. The molecule has 0 spiro atoms. The molecule has 6 heteroatoms. The van der Waals surface area contributed by atoms with Gasteiger partial charge in [-0.15, -0.1) is 0 Å². The molecule has 0 unspecified atom stereocenters. The summed E-state index contributed by atoms with van der Waals surface area (Å²) < 4.78 is 5.47. The highest BCUT2D eigenvalue weighted by Crippen LogP contribution is 2.18. The second kappa shape index (κ2) is 9.70. The second-order valence-corrected chi connectivity index (χ2v) is 6.25.